The van der Waals surface area contributed by atoms with Crippen LogP contribution in [0, 0.1) is 17.2 Å². The summed E-state index contributed by atoms with van der Waals surface area (Å²) in [6.07, 6.45) is 6.29. The molecule has 12 heteroatoms. The molecule has 1 aliphatic heterocycles. The van der Waals surface area contributed by atoms with E-state index in [1.165, 1.54) is 17.7 Å². The zero-order chi connectivity index (χ0) is 31.2. The molecular weight excluding hydrogens is 578 g/mol. The molecule has 1 saturated heterocycles. The van der Waals surface area contributed by atoms with Gasteiger partial charge in [0, 0.05) is 32.8 Å². The Morgan fingerprint density at radius 3 is 2.89 bits per heavy atom. The Morgan fingerprint density at radius 2 is 2.16 bits per heavy atom. The van der Waals surface area contributed by atoms with Gasteiger partial charge in [-0.3, -0.25) is 9.59 Å². The number of aromatic nitrogens is 3. The van der Waals surface area contributed by atoms with Gasteiger partial charge >= 0.3 is 0 Å². The molecule has 5 rings (SSSR count). The van der Waals surface area contributed by atoms with Crippen LogP contribution in [-0.2, 0) is 22.6 Å². The molecule has 11 nitrogen and oxygen atoms in total. The zero-order valence-electron chi connectivity index (χ0n) is 25.4. The number of rotatable bonds is 11. The Morgan fingerprint density at radius 1 is 1.32 bits per heavy atom. The monoisotopic (exact) mass is 615 g/mol. The van der Waals surface area contributed by atoms with E-state index in [0.29, 0.717) is 42.5 Å². The number of nitrogens with one attached hydrogen (secondary N) is 2. The summed E-state index contributed by atoms with van der Waals surface area (Å²) in [5.74, 6) is 0.0279. The lowest BCUT2D eigenvalue weighted by Gasteiger charge is -2.25. The van der Waals surface area contributed by atoms with Gasteiger partial charge in [0.15, 0.2) is 12.2 Å². The number of carbonyl (C=O) groups excluding carboxylic acids is 2. The third-order valence-corrected chi connectivity index (χ3v) is 8.59. The summed E-state index contributed by atoms with van der Waals surface area (Å²) in [6, 6.07) is 11.8. The molecule has 0 saturated carbocycles. The van der Waals surface area contributed by atoms with Crippen LogP contribution < -0.4 is 10.9 Å². The first kappa shape index (κ1) is 31.1. The number of carbonyl (C=O) groups is 2. The molecule has 2 N–H and O–H groups in total. The molecule has 0 unspecified atom stereocenters. The van der Waals surface area contributed by atoms with Crippen molar-refractivity contribution < 1.29 is 18.7 Å². The first-order chi connectivity index (χ1) is 21.3. The Kier molecular flexibility index (Phi) is 9.89. The van der Waals surface area contributed by atoms with Crippen molar-refractivity contribution in [2.75, 3.05) is 20.3 Å². The van der Waals surface area contributed by atoms with E-state index in [2.05, 4.69) is 33.3 Å². The smallest absolute Gasteiger partial charge is 0.290 e. The minimum Gasteiger partial charge on any atom is -0.443 e. The minimum atomic E-state index is -0.387. The summed E-state index contributed by atoms with van der Waals surface area (Å²) in [4.78, 5) is 41.7. The molecule has 0 spiro atoms. The predicted octanol–water partition coefficient (Wildman–Crippen LogP) is 4.65. The molecule has 1 aliphatic rings. The molecule has 1 aromatic carbocycles. The van der Waals surface area contributed by atoms with Crippen LogP contribution in [0.1, 0.15) is 48.8 Å². The van der Waals surface area contributed by atoms with E-state index in [4.69, 9.17) is 9.15 Å². The Labute approximate surface area is 259 Å². The lowest BCUT2D eigenvalue weighted by atomic mass is 10.1. The van der Waals surface area contributed by atoms with Gasteiger partial charge < -0.3 is 28.9 Å². The number of nitriles is 1. The number of imidazole rings is 1. The van der Waals surface area contributed by atoms with Crippen LogP contribution in [0.4, 0.5) is 0 Å². The highest BCUT2D eigenvalue weighted by Gasteiger charge is 2.31. The van der Waals surface area contributed by atoms with Crippen molar-refractivity contribution >= 4 is 34.2 Å². The number of thiophene rings is 1. The summed E-state index contributed by atoms with van der Waals surface area (Å²) < 4.78 is 12.6. The summed E-state index contributed by atoms with van der Waals surface area (Å²) in [6.45, 7) is 8.21. The average Bonchev–Trinajstić information content (AvgIpc) is 3.82. The van der Waals surface area contributed by atoms with Crippen LogP contribution in [0.15, 0.2) is 64.0 Å². The van der Waals surface area contributed by atoms with Gasteiger partial charge in [-0.05, 0) is 55.5 Å². The normalized spacial score (nSPS) is 16.6. The van der Waals surface area contributed by atoms with Crippen LogP contribution in [0.25, 0.3) is 21.7 Å². The molecule has 2 atom stereocenters. The molecule has 2 amide bonds. The molecule has 0 aliphatic carbocycles. The highest BCUT2D eigenvalue weighted by atomic mass is 32.1. The topological polar surface area (TPSA) is 142 Å². The quantitative estimate of drug-likeness (QED) is 0.185. The molecule has 0 radical (unpaired) electrons. The summed E-state index contributed by atoms with van der Waals surface area (Å²) in [5, 5.41) is 13.1. The number of amides is 2. The standard InChI is InChI=1S/C32H37N7O4S/c1-20(2)12-23(14-33)31(41)38-11-5-6-24(38)17-39-26-8-7-22(15-35-21(3)18-42-4)13-25(26)36-32(39)37-30(40)29-10-9-28(44-29)27-16-34-19-43-27/h7-10,12-13,16,19-21,24,35H,5-6,11,15,17-18H2,1-4H3,(H,36,37,40)/t21-,24+/m0/s1. The highest BCUT2D eigenvalue weighted by molar-refractivity contribution is 7.17. The highest BCUT2D eigenvalue weighted by Crippen LogP contribution is 2.28. The van der Waals surface area contributed by atoms with E-state index in [0.717, 1.165) is 34.3 Å². The maximum Gasteiger partial charge on any atom is 0.290 e. The maximum absolute atomic E-state index is 13.4. The maximum atomic E-state index is 13.4. The number of ether oxygens (including phenoxy) is 1. The van der Waals surface area contributed by atoms with Crippen molar-refractivity contribution in [1.29, 1.82) is 5.26 Å². The van der Waals surface area contributed by atoms with E-state index < -0.39 is 0 Å². The van der Waals surface area contributed by atoms with Crippen molar-refractivity contribution in [2.45, 2.75) is 58.8 Å². The van der Waals surface area contributed by atoms with Crippen LogP contribution in [-0.4, -0.2) is 63.6 Å². The van der Waals surface area contributed by atoms with Crippen molar-refractivity contribution in [3.8, 4) is 16.7 Å². The Bertz CT molecular complexity index is 1760. The number of oxazole rings is 1. The molecule has 0 bridgehead atoms. The molecular formula is C32H37N7O4S. The van der Waals surface area contributed by atoms with Crippen LogP contribution >= 0.6 is 11.3 Å². The van der Waals surface area contributed by atoms with Crippen LogP contribution in [0.2, 0.25) is 0 Å². The van der Waals surface area contributed by atoms with Gasteiger partial charge in [0.1, 0.15) is 11.6 Å². The fourth-order valence-corrected chi connectivity index (χ4v) is 6.27. The van der Waals surface area contributed by atoms with Gasteiger partial charge in [-0.15, -0.1) is 11.3 Å². The minimum absolute atomic E-state index is 0.0806. The largest absolute Gasteiger partial charge is 0.443 e. The van der Waals surface area contributed by atoms with E-state index in [1.54, 1.807) is 30.3 Å². The molecule has 1 fully saturated rings. The van der Waals surface area contributed by atoms with E-state index in [1.807, 2.05) is 42.7 Å². The summed E-state index contributed by atoms with van der Waals surface area (Å²) >= 11 is 1.29. The molecule has 230 valence electrons. The SMILES string of the molecule is COC[C@H](C)NCc1ccc2c(c1)[nH]c(=NC(=O)c1ccc(-c3cnco3)s1)n2C[C@H]1CCCN1C(=O)C(C#N)=CC(C)C. The van der Waals surface area contributed by atoms with Crippen LogP contribution in [0.5, 0.6) is 0 Å². The van der Waals surface area contributed by atoms with Gasteiger partial charge in [-0.25, -0.2) is 4.98 Å². The van der Waals surface area contributed by atoms with Gasteiger partial charge in [0.05, 0.1) is 39.6 Å². The van der Waals surface area contributed by atoms with Gasteiger partial charge in [0.2, 0.25) is 5.62 Å². The molecule has 3 aromatic heterocycles. The number of benzene rings is 1. The van der Waals surface area contributed by atoms with E-state index in [-0.39, 0.29) is 35.4 Å². The molecule has 4 aromatic rings. The fourth-order valence-electron chi connectivity index (χ4n) is 5.43. The van der Waals surface area contributed by atoms with Crippen molar-refractivity contribution in [1.82, 2.24) is 24.8 Å². The number of methoxy groups -OCH3 is 1. The van der Waals surface area contributed by atoms with Gasteiger partial charge in [0.25, 0.3) is 11.8 Å². The van der Waals surface area contributed by atoms with E-state index >= 15 is 0 Å². The Balaban J connectivity index is 1.49. The van der Waals surface area contributed by atoms with E-state index in [9.17, 15) is 14.9 Å². The average molecular weight is 616 g/mol. The van der Waals surface area contributed by atoms with Crippen molar-refractivity contribution in [2.24, 2.45) is 10.9 Å². The van der Waals surface area contributed by atoms with Gasteiger partial charge in [-0.2, -0.15) is 10.3 Å². The zero-order valence-corrected chi connectivity index (χ0v) is 26.2. The Hall–Kier alpha value is -4.31. The summed E-state index contributed by atoms with van der Waals surface area (Å²) in [5.41, 5.74) is 3.33. The number of nitrogens with zero attached hydrogens (tertiary/aromatic N) is 5. The molecule has 4 heterocycles. The second kappa shape index (κ2) is 14.0. The van der Waals surface area contributed by atoms with Crippen LogP contribution in [0.3, 0.4) is 0 Å². The number of hydrogen-bond donors (Lipinski definition) is 2. The predicted molar refractivity (Wildman–Crippen MR) is 167 cm³/mol. The number of aromatic amines is 1. The number of hydrogen-bond acceptors (Lipinski definition) is 8. The number of H-pyrrole nitrogens is 1. The number of likely N-dealkylation sites (tertiary alicyclic amines) is 1. The third kappa shape index (κ3) is 7.07. The van der Waals surface area contributed by atoms with Crippen molar-refractivity contribution in [3.05, 3.63) is 70.6 Å². The lowest BCUT2D eigenvalue weighted by molar-refractivity contribution is -0.127. The fraction of sp³-hybridized carbons (Fsp3) is 0.406. The summed E-state index contributed by atoms with van der Waals surface area (Å²) in [7, 11) is 1.68. The number of allylic oxidation sites excluding steroid dienone is 1. The second-order valence-corrected chi connectivity index (χ2v) is 12.4. The third-order valence-electron chi connectivity index (χ3n) is 7.51. The first-order valence-corrected chi connectivity index (χ1v) is 15.5. The number of fused-ring (bicyclic) bond motifs is 1. The van der Waals surface area contributed by atoms with Gasteiger partial charge in [-0.1, -0.05) is 26.0 Å². The molecule has 44 heavy (non-hydrogen) atoms. The first-order valence-electron chi connectivity index (χ1n) is 14.7. The lowest BCUT2D eigenvalue weighted by Crippen LogP contribution is -2.40. The van der Waals surface area contributed by atoms with Crippen molar-refractivity contribution in [3.63, 3.8) is 0 Å². The second-order valence-electron chi connectivity index (χ2n) is 11.3.